The number of pyridine rings is 1. The molecule has 7 rings (SSSR count). The average molecular weight is 533 g/mol. The summed E-state index contributed by atoms with van der Waals surface area (Å²) in [5.74, 6) is 0.924. The molecular weight excluding hydrogens is 501 g/mol. The lowest BCUT2D eigenvalue weighted by molar-refractivity contribution is 0.359. The van der Waals surface area contributed by atoms with Crippen molar-refractivity contribution in [2.45, 2.75) is 20.8 Å². The van der Waals surface area contributed by atoms with Gasteiger partial charge in [0.15, 0.2) is 0 Å². The molecule has 3 heterocycles. The first-order valence-electron chi connectivity index (χ1n) is 14.1. The number of para-hydroxylation sites is 1. The van der Waals surface area contributed by atoms with Gasteiger partial charge < -0.3 is 0 Å². The molecular formula is C35H32BN5. The number of anilines is 1. The summed E-state index contributed by atoms with van der Waals surface area (Å²) in [5, 5.41) is 6.46. The van der Waals surface area contributed by atoms with E-state index in [0.29, 0.717) is 0 Å². The van der Waals surface area contributed by atoms with Gasteiger partial charge in [0.25, 0.3) is 0 Å². The van der Waals surface area contributed by atoms with Crippen LogP contribution in [0.3, 0.4) is 0 Å². The quantitative estimate of drug-likeness (QED) is 0.307. The zero-order chi connectivity index (χ0) is 28.1. The van der Waals surface area contributed by atoms with Crippen LogP contribution in [0.1, 0.15) is 16.7 Å². The molecule has 6 aromatic rings. The van der Waals surface area contributed by atoms with Crippen LogP contribution in [-0.4, -0.2) is 28.3 Å². The Labute approximate surface area is 241 Å². The van der Waals surface area contributed by atoms with Crippen molar-refractivity contribution >= 4 is 50.6 Å². The lowest BCUT2D eigenvalue weighted by atomic mass is 9.35. The molecule has 0 atom stereocenters. The second-order valence-corrected chi connectivity index (χ2v) is 11.0. The number of fused-ring (bicyclic) bond motifs is 3. The van der Waals surface area contributed by atoms with Gasteiger partial charge in [0, 0.05) is 36.4 Å². The van der Waals surface area contributed by atoms with Crippen molar-refractivity contribution in [2.24, 2.45) is 0 Å². The van der Waals surface area contributed by atoms with E-state index in [9.17, 15) is 0 Å². The Morgan fingerprint density at radius 3 is 2.20 bits per heavy atom. The van der Waals surface area contributed by atoms with Crippen LogP contribution in [0.25, 0.3) is 27.6 Å². The smallest absolute Gasteiger partial charge is 0.242 e. The van der Waals surface area contributed by atoms with Crippen LogP contribution in [0.5, 0.6) is 0 Å². The number of rotatable bonds is 5. The maximum atomic E-state index is 4.75. The molecule has 0 spiro atoms. The van der Waals surface area contributed by atoms with Crippen molar-refractivity contribution in [3.05, 3.63) is 132 Å². The van der Waals surface area contributed by atoms with Crippen molar-refractivity contribution < 1.29 is 0 Å². The standard InChI is InChI=1S/C35H32BN5/c1-24-20-25(2)35(26(3)21-24)36(27-10-9-11-29(22-27)40-19-18-39(4)38-40)28-15-16-31-30-12-5-6-13-32(30)41(33(31)23-28)34-14-7-8-17-37-34/h5-23,38H,1-4H3. The normalized spacial score (nSPS) is 13.1. The van der Waals surface area contributed by atoms with Crippen LogP contribution in [0.15, 0.2) is 116 Å². The van der Waals surface area contributed by atoms with Gasteiger partial charge in [-0.1, -0.05) is 93.7 Å². The molecule has 0 fully saturated rings. The highest BCUT2D eigenvalue weighted by molar-refractivity contribution is 6.96. The lowest BCUT2D eigenvalue weighted by Gasteiger charge is -2.24. The first kappa shape index (κ1) is 25.2. The Hall–Kier alpha value is -4.81. The molecule has 0 unspecified atom stereocenters. The van der Waals surface area contributed by atoms with Crippen LogP contribution in [0.4, 0.5) is 5.69 Å². The third kappa shape index (κ3) is 4.37. The van der Waals surface area contributed by atoms with E-state index in [4.69, 9.17) is 4.98 Å². The van der Waals surface area contributed by atoms with Crippen molar-refractivity contribution in [3.63, 3.8) is 0 Å². The number of hydrazine groups is 2. The largest absolute Gasteiger partial charge is 0.299 e. The van der Waals surface area contributed by atoms with E-state index in [1.165, 1.54) is 43.9 Å². The summed E-state index contributed by atoms with van der Waals surface area (Å²) in [5.41, 5.74) is 14.5. The van der Waals surface area contributed by atoms with Crippen molar-refractivity contribution in [1.29, 1.82) is 0 Å². The van der Waals surface area contributed by atoms with Crippen LogP contribution in [0, 0.1) is 20.8 Å². The Morgan fingerprint density at radius 1 is 0.683 bits per heavy atom. The van der Waals surface area contributed by atoms with Gasteiger partial charge >= 0.3 is 0 Å². The lowest BCUT2D eigenvalue weighted by Crippen LogP contribution is -2.54. The van der Waals surface area contributed by atoms with Crippen LogP contribution < -0.4 is 26.9 Å². The Bertz CT molecular complexity index is 1920. The minimum atomic E-state index is 0.0551. The van der Waals surface area contributed by atoms with Gasteiger partial charge in [-0.25, -0.2) is 4.98 Å². The summed E-state index contributed by atoms with van der Waals surface area (Å²) in [6.07, 6.45) is 5.93. The second-order valence-electron chi connectivity index (χ2n) is 11.0. The van der Waals surface area contributed by atoms with Crippen molar-refractivity contribution in [1.82, 2.24) is 20.1 Å². The number of aromatic nitrogens is 2. The number of aryl methyl sites for hydroxylation is 3. The molecule has 200 valence electrons. The van der Waals surface area contributed by atoms with Crippen LogP contribution >= 0.6 is 0 Å². The van der Waals surface area contributed by atoms with Gasteiger partial charge in [-0.05, 0) is 57.2 Å². The van der Waals surface area contributed by atoms with Crippen molar-refractivity contribution in [2.75, 3.05) is 12.1 Å². The molecule has 41 heavy (non-hydrogen) atoms. The molecule has 1 aliphatic rings. The summed E-state index contributed by atoms with van der Waals surface area (Å²) in [7, 11) is 2.00. The minimum absolute atomic E-state index is 0.0551. The Kier molecular flexibility index (Phi) is 6.13. The van der Waals surface area contributed by atoms with Crippen LogP contribution in [0.2, 0.25) is 0 Å². The van der Waals surface area contributed by atoms with E-state index in [1.54, 1.807) is 0 Å². The fourth-order valence-electron chi connectivity index (χ4n) is 6.47. The highest BCUT2D eigenvalue weighted by atomic mass is 15.8. The summed E-state index contributed by atoms with van der Waals surface area (Å²) >= 11 is 0. The molecule has 2 aromatic heterocycles. The predicted octanol–water partition coefficient (Wildman–Crippen LogP) is 5.26. The molecule has 0 amide bonds. The molecule has 1 N–H and O–H groups in total. The topological polar surface area (TPSA) is 36.3 Å². The van der Waals surface area contributed by atoms with E-state index in [1.807, 2.05) is 36.7 Å². The summed E-state index contributed by atoms with van der Waals surface area (Å²) < 4.78 is 2.30. The monoisotopic (exact) mass is 533 g/mol. The molecule has 0 aliphatic carbocycles. The van der Waals surface area contributed by atoms with Gasteiger partial charge in [-0.15, -0.1) is 5.53 Å². The number of nitrogens with one attached hydrogen (secondary N) is 1. The maximum Gasteiger partial charge on any atom is 0.242 e. The van der Waals surface area contributed by atoms with Crippen LogP contribution in [-0.2, 0) is 0 Å². The second kappa shape index (κ2) is 9.99. The molecule has 0 radical (unpaired) electrons. The fourth-order valence-corrected chi connectivity index (χ4v) is 6.47. The van der Waals surface area contributed by atoms with Gasteiger partial charge in [-0.2, -0.15) is 0 Å². The molecule has 4 aromatic carbocycles. The number of hydrogen-bond donors (Lipinski definition) is 1. The van der Waals surface area contributed by atoms with Gasteiger partial charge in [0.2, 0.25) is 6.71 Å². The molecule has 5 nitrogen and oxygen atoms in total. The number of nitrogens with zero attached hydrogens (tertiary/aromatic N) is 4. The first-order valence-corrected chi connectivity index (χ1v) is 14.1. The van der Waals surface area contributed by atoms with E-state index < -0.39 is 0 Å². The van der Waals surface area contributed by atoms with E-state index >= 15 is 0 Å². The van der Waals surface area contributed by atoms with E-state index in [2.05, 4.69) is 127 Å². The zero-order valence-electron chi connectivity index (χ0n) is 23.8. The van der Waals surface area contributed by atoms with E-state index in [0.717, 1.165) is 22.5 Å². The fraction of sp³-hybridized carbons (Fsp3) is 0.114. The highest BCUT2D eigenvalue weighted by Gasteiger charge is 2.27. The van der Waals surface area contributed by atoms with Gasteiger partial charge in [0.1, 0.15) is 5.82 Å². The first-order chi connectivity index (χ1) is 20.0. The summed E-state index contributed by atoms with van der Waals surface area (Å²) in [6, 6.07) is 35.2. The molecule has 1 aliphatic heterocycles. The van der Waals surface area contributed by atoms with Gasteiger partial charge in [0.05, 0.1) is 16.7 Å². The average Bonchev–Trinajstić information content (AvgIpc) is 3.56. The van der Waals surface area contributed by atoms with Crippen molar-refractivity contribution in [3.8, 4) is 5.82 Å². The summed E-state index contributed by atoms with van der Waals surface area (Å²) in [6.45, 7) is 6.72. The summed E-state index contributed by atoms with van der Waals surface area (Å²) in [4.78, 5) is 4.75. The Morgan fingerprint density at radius 2 is 1.44 bits per heavy atom. The molecule has 0 bridgehead atoms. The number of benzene rings is 4. The third-order valence-electron chi connectivity index (χ3n) is 8.12. The zero-order valence-corrected chi connectivity index (χ0v) is 23.8. The minimum Gasteiger partial charge on any atom is -0.299 e. The van der Waals surface area contributed by atoms with E-state index in [-0.39, 0.29) is 6.71 Å². The third-order valence-corrected chi connectivity index (χ3v) is 8.12. The maximum absolute atomic E-state index is 4.75. The van der Waals surface area contributed by atoms with Gasteiger partial charge in [-0.3, -0.25) is 14.6 Å². The molecule has 0 saturated heterocycles. The number of hydrogen-bond acceptors (Lipinski definition) is 4. The predicted molar refractivity (Wildman–Crippen MR) is 173 cm³/mol. The Balaban J connectivity index is 1.48. The molecule has 6 heteroatoms. The molecule has 0 saturated carbocycles. The SMILES string of the molecule is Cc1cc(C)c(B(c2cccc(N3C=CN(C)N3)c2)c2ccc3c4ccccc4n(-c4ccccn4)c3c2)c(C)c1. The highest BCUT2D eigenvalue weighted by Crippen LogP contribution is 2.31.